The van der Waals surface area contributed by atoms with Gasteiger partial charge in [0.05, 0.1) is 19.8 Å². The standard InChI is InChI=1S/C15H25NO2.ClH/c1-10(2)6-7-12(16)15-13(17-4)8-11(3)9-14(15)18-5;/h8-10,12H,6-7,16H2,1-5H3;1H/t12-;/m0./s1. The molecule has 1 rings (SSSR count). The smallest absolute Gasteiger partial charge is 0.127 e. The fraction of sp³-hybridized carbons (Fsp3) is 0.600. The maximum Gasteiger partial charge on any atom is 0.127 e. The zero-order valence-corrected chi connectivity index (χ0v) is 13.3. The van der Waals surface area contributed by atoms with Crippen molar-refractivity contribution in [3.8, 4) is 11.5 Å². The Morgan fingerprint density at radius 3 is 1.89 bits per heavy atom. The van der Waals surface area contributed by atoms with Gasteiger partial charge in [-0.1, -0.05) is 13.8 Å². The Bertz CT molecular complexity index is 369. The largest absolute Gasteiger partial charge is 0.496 e. The fourth-order valence-corrected chi connectivity index (χ4v) is 2.09. The predicted octanol–water partition coefficient (Wildman–Crippen LogP) is 3.87. The van der Waals surface area contributed by atoms with Gasteiger partial charge in [-0.25, -0.2) is 0 Å². The van der Waals surface area contributed by atoms with Crippen molar-refractivity contribution >= 4 is 12.4 Å². The number of halogens is 1. The molecule has 0 spiro atoms. The number of nitrogens with two attached hydrogens (primary N) is 1. The summed E-state index contributed by atoms with van der Waals surface area (Å²) in [5.74, 6) is 2.30. The topological polar surface area (TPSA) is 44.5 Å². The van der Waals surface area contributed by atoms with Gasteiger partial charge in [-0.3, -0.25) is 0 Å². The SMILES string of the molecule is COc1cc(C)cc(OC)c1[C@@H](N)CCC(C)C.Cl. The van der Waals surface area contributed by atoms with Crippen LogP contribution in [0.3, 0.4) is 0 Å². The Labute approximate surface area is 122 Å². The van der Waals surface area contributed by atoms with Gasteiger partial charge in [0.1, 0.15) is 11.5 Å². The van der Waals surface area contributed by atoms with E-state index in [1.54, 1.807) is 14.2 Å². The van der Waals surface area contributed by atoms with Crippen LogP contribution < -0.4 is 15.2 Å². The highest BCUT2D eigenvalue weighted by molar-refractivity contribution is 5.85. The zero-order valence-electron chi connectivity index (χ0n) is 12.5. The van der Waals surface area contributed by atoms with Crippen LogP contribution in [-0.2, 0) is 0 Å². The molecule has 1 atom stereocenters. The van der Waals surface area contributed by atoms with E-state index < -0.39 is 0 Å². The van der Waals surface area contributed by atoms with E-state index in [0.29, 0.717) is 5.92 Å². The molecule has 0 aliphatic rings. The predicted molar refractivity (Wildman–Crippen MR) is 82.5 cm³/mol. The molecule has 0 heterocycles. The van der Waals surface area contributed by atoms with Crippen LogP contribution in [0, 0.1) is 12.8 Å². The third-order valence-corrected chi connectivity index (χ3v) is 3.11. The summed E-state index contributed by atoms with van der Waals surface area (Å²) in [6.07, 6.45) is 2.04. The summed E-state index contributed by atoms with van der Waals surface area (Å²) in [5.41, 5.74) is 8.38. The van der Waals surface area contributed by atoms with Crippen molar-refractivity contribution in [2.75, 3.05) is 14.2 Å². The molecule has 0 aromatic heterocycles. The average Bonchev–Trinajstić information content (AvgIpc) is 2.34. The van der Waals surface area contributed by atoms with Crippen molar-refractivity contribution in [2.45, 2.75) is 39.7 Å². The molecule has 110 valence electrons. The van der Waals surface area contributed by atoms with Crippen molar-refractivity contribution in [1.82, 2.24) is 0 Å². The molecule has 0 amide bonds. The normalized spacial score (nSPS) is 11.9. The molecule has 0 aliphatic heterocycles. The van der Waals surface area contributed by atoms with E-state index in [1.807, 2.05) is 19.1 Å². The molecule has 0 unspecified atom stereocenters. The van der Waals surface area contributed by atoms with Gasteiger partial charge in [-0.05, 0) is 43.4 Å². The van der Waals surface area contributed by atoms with Crippen LogP contribution >= 0.6 is 12.4 Å². The van der Waals surface area contributed by atoms with E-state index in [0.717, 1.165) is 35.5 Å². The van der Waals surface area contributed by atoms with Crippen molar-refractivity contribution in [3.63, 3.8) is 0 Å². The maximum atomic E-state index is 6.29. The summed E-state index contributed by atoms with van der Waals surface area (Å²) in [5, 5.41) is 0. The van der Waals surface area contributed by atoms with Crippen molar-refractivity contribution in [3.05, 3.63) is 23.3 Å². The summed E-state index contributed by atoms with van der Waals surface area (Å²) in [6, 6.07) is 3.97. The number of rotatable bonds is 6. The van der Waals surface area contributed by atoms with Crippen LogP contribution in [0.2, 0.25) is 0 Å². The Morgan fingerprint density at radius 2 is 1.53 bits per heavy atom. The zero-order chi connectivity index (χ0) is 13.7. The number of hydrogen-bond donors (Lipinski definition) is 1. The molecule has 1 aromatic rings. The molecule has 0 radical (unpaired) electrons. The lowest BCUT2D eigenvalue weighted by Gasteiger charge is -2.20. The van der Waals surface area contributed by atoms with Gasteiger partial charge in [-0.15, -0.1) is 12.4 Å². The lowest BCUT2D eigenvalue weighted by atomic mass is 9.96. The molecule has 4 heteroatoms. The highest BCUT2D eigenvalue weighted by atomic mass is 35.5. The number of methoxy groups -OCH3 is 2. The molecule has 2 N–H and O–H groups in total. The quantitative estimate of drug-likeness (QED) is 0.864. The summed E-state index contributed by atoms with van der Waals surface area (Å²) < 4.78 is 10.9. The summed E-state index contributed by atoms with van der Waals surface area (Å²) in [6.45, 7) is 6.43. The van der Waals surface area contributed by atoms with Crippen LogP contribution in [0.25, 0.3) is 0 Å². The number of benzene rings is 1. The van der Waals surface area contributed by atoms with E-state index in [9.17, 15) is 0 Å². The Kier molecular flexibility index (Phi) is 7.88. The van der Waals surface area contributed by atoms with Crippen LogP contribution in [-0.4, -0.2) is 14.2 Å². The molecule has 0 aliphatic carbocycles. The first-order chi connectivity index (χ1) is 8.49. The molecule has 1 aromatic carbocycles. The van der Waals surface area contributed by atoms with Crippen molar-refractivity contribution < 1.29 is 9.47 Å². The first-order valence-corrected chi connectivity index (χ1v) is 6.47. The third kappa shape index (κ3) is 4.92. The molecular formula is C15H26ClNO2. The Hall–Kier alpha value is -0.930. The minimum absolute atomic E-state index is 0. The van der Waals surface area contributed by atoms with Crippen molar-refractivity contribution in [1.29, 1.82) is 0 Å². The first-order valence-electron chi connectivity index (χ1n) is 6.47. The van der Waals surface area contributed by atoms with E-state index in [1.165, 1.54) is 0 Å². The number of hydrogen-bond acceptors (Lipinski definition) is 3. The molecule has 0 bridgehead atoms. The van der Waals surface area contributed by atoms with Crippen LogP contribution in [0.4, 0.5) is 0 Å². The second-order valence-electron chi connectivity index (χ2n) is 5.16. The van der Waals surface area contributed by atoms with Crippen LogP contribution in [0.15, 0.2) is 12.1 Å². The van der Waals surface area contributed by atoms with E-state index >= 15 is 0 Å². The van der Waals surface area contributed by atoms with Gasteiger partial charge in [0.15, 0.2) is 0 Å². The van der Waals surface area contributed by atoms with Gasteiger partial charge in [0.25, 0.3) is 0 Å². The summed E-state index contributed by atoms with van der Waals surface area (Å²) in [4.78, 5) is 0. The third-order valence-electron chi connectivity index (χ3n) is 3.11. The summed E-state index contributed by atoms with van der Waals surface area (Å²) in [7, 11) is 3.35. The van der Waals surface area contributed by atoms with Gasteiger partial charge in [-0.2, -0.15) is 0 Å². The maximum absolute atomic E-state index is 6.29. The van der Waals surface area contributed by atoms with E-state index in [4.69, 9.17) is 15.2 Å². The summed E-state index contributed by atoms with van der Waals surface area (Å²) >= 11 is 0. The van der Waals surface area contributed by atoms with Crippen LogP contribution in [0.1, 0.15) is 43.9 Å². The second-order valence-corrected chi connectivity index (χ2v) is 5.16. The highest BCUT2D eigenvalue weighted by Crippen LogP contribution is 2.36. The van der Waals surface area contributed by atoms with Gasteiger partial charge in [0, 0.05) is 6.04 Å². The van der Waals surface area contributed by atoms with Crippen molar-refractivity contribution in [2.24, 2.45) is 11.7 Å². The van der Waals surface area contributed by atoms with E-state index in [-0.39, 0.29) is 18.4 Å². The lowest BCUT2D eigenvalue weighted by Crippen LogP contribution is -2.14. The first kappa shape index (κ1) is 18.1. The fourth-order valence-electron chi connectivity index (χ4n) is 2.09. The minimum atomic E-state index is -0.0436. The molecule has 0 saturated heterocycles. The van der Waals surface area contributed by atoms with Crippen LogP contribution in [0.5, 0.6) is 11.5 Å². The minimum Gasteiger partial charge on any atom is -0.496 e. The molecule has 0 fully saturated rings. The van der Waals surface area contributed by atoms with Gasteiger partial charge < -0.3 is 15.2 Å². The highest BCUT2D eigenvalue weighted by Gasteiger charge is 2.18. The Morgan fingerprint density at radius 1 is 1.05 bits per heavy atom. The molecular weight excluding hydrogens is 262 g/mol. The second kappa shape index (κ2) is 8.28. The van der Waals surface area contributed by atoms with Gasteiger partial charge in [0.2, 0.25) is 0 Å². The number of ether oxygens (including phenoxy) is 2. The number of aryl methyl sites for hydroxylation is 1. The van der Waals surface area contributed by atoms with Gasteiger partial charge >= 0.3 is 0 Å². The lowest BCUT2D eigenvalue weighted by molar-refractivity contribution is 0.373. The van der Waals surface area contributed by atoms with E-state index in [2.05, 4.69) is 13.8 Å². The molecule has 3 nitrogen and oxygen atoms in total. The molecule has 19 heavy (non-hydrogen) atoms. The Balaban J connectivity index is 0.00000324. The monoisotopic (exact) mass is 287 g/mol. The average molecular weight is 288 g/mol. The molecule has 0 saturated carbocycles.